The van der Waals surface area contributed by atoms with Crippen LogP contribution in [0.4, 0.5) is 0 Å². The van der Waals surface area contributed by atoms with Crippen LogP contribution in [0.15, 0.2) is 4.99 Å². The van der Waals surface area contributed by atoms with E-state index in [-0.39, 0.29) is 48.2 Å². The molecule has 0 aromatic heterocycles. The summed E-state index contributed by atoms with van der Waals surface area (Å²) in [6.45, 7) is 13.0. The van der Waals surface area contributed by atoms with Crippen molar-refractivity contribution in [2.75, 3.05) is 45.0 Å². The fourth-order valence-corrected chi connectivity index (χ4v) is 3.80. The van der Waals surface area contributed by atoms with E-state index in [0.29, 0.717) is 19.0 Å². The van der Waals surface area contributed by atoms with Gasteiger partial charge in [0.15, 0.2) is 15.8 Å². The van der Waals surface area contributed by atoms with Crippen molar-refractivity contribution in [1.82, 2.24) is 20.9 Å². The molecule has 3 N–H and O–H groups in total. The molecule has 29 heavy (non-hydrogen) atoms. The summed E-state index contributed by atoms with van der Waals surface area (Å²) < 4.78 is 23.7. The zero-order valence-electron chi connectivity index (χ0n) is 18.6. The van der Waals surface area contributed by atoms with Crippen molar-refractivity contribution < 1.29 is 13.2 Å². The monoisotopic (exact) mass is 545 g/mol. The molecule has 0 bridgehead atoms. The lowest BCUT2D eigenvalue weighted by molar-refractivity contribution is -0.122. The number of nitrogens with zero attached hydrogens (tertiary/aromatic N) is 2. The first-order valence-electron chi connectivity index (χ1n) is 10.3. The van der Waals surface area contributed by atoms with Gasteiger partial charge in [-0.2, -0.15) is 0 Å². The van der Waals surface area contributed by atoms with Gasteiger partial charge in [-0.3, -0.25) is 14.7 Å². The summed E-state index contributed by atoms with van der Waals surface area (Å²) in [6, 6.07) is 0.270. The molecule has 1 amide bonds. The van der Waals surface area contributed by atoms with Gasteiger partial charge in [0.1, 0.15) is 0 Å². The van der Waals surface area contributed by atoms with Gasteiger partial charge >= 0.3 is 0 Å². The molecular weight excluding hydrogens is 505 g/mol. The summed E-state index contributed by atoms with van der Waals surface area (Å²) in [6.07, 6.45) is 2.79. The molecule has 0 aliphatic carbocycles. The van der Waals surface area contributed by atoms with Crippen molar-refractivity contribution in [2.45, 2.75) is 64.7 Å². The molecule has 0 spiro atoms. The molecule has 0 radical (unpaired) electrons. The van der Waals surface area contributed by atoms with Gasteiger partial charge in [-0.15, -0.1) is 24.0 Å². The molecule has 0 saturated carbocycles. The molecule has 8 nitrogen and oxygen atoms in total. The Balaban J connectivity index is 0.00000784. The summed E-state index contributed by atoms with van der Waals surface area (Å²) in [5.74, 6) is 0.784. The standard InChI is InChI=1S/C19H39N5O3S.HI/c1-6-10-21-17(25)15-24-12-8-16(9-13-24)23-18(20-7-2)22-11-14-28(26,27)19(3,4)5;/h16H,6-15H2,1-5H3,(H,21,25)(H2,20,22,23);1H. The van der Waals surface area contributed by atoms with Crippen LogP contribution in [0.5, 0.6) is 0 Å². The molecule has 172 valence electrons. The Morgan fingerprint density at radius 2 is 1.76 bits per heavy atom. The first-order chi connectivity index (χ1) is 13.1. The number of carbonyl (C=O) groups excluding carboxylic acids is 1. The third kappa shape index (κ3) is 10.8. The Kier molecular flexibility index (Phi) is 13.3. The van der Waals surface area contributed by atoms with Gasteiger partial charge in [-0.1, -0.05) is 6.92 Å². The first kappa shape index (κ1) is 28.4. The van der Waals surface area contributed by atoms with E-state index in [4.69, 9.17) is 0 Å². The summed E-state index contributed by atoms with van der Waals surface area (Å²) in [7, 11) is -3.17. The average Bonchev–Trinajstić information content (AvgIpc) is 2.60. The normalized spacial score (nSPS) is 16.8. The lowest BCUT2D eigenvalue weighted by Gasteiger charge is -2.32. The van der Waals surface area contributed by atoms with Gasteiger partial charge in [-0.25, -0.2) is 8.42 Å². The molecule has 10 heteroatoms. The van der Waals surface area contributed by atoms with E-state index in [1.807, 2.05) is 13.8 Å². The van der Waals surface area contributed by atoms with Crippen LogP contribution in [-0.4, -0.2) is 81.0 Å². The van der Waals surface area contributed by atoms with E-state index in [9.17, 15) is 13.2 Å². The number of guanidine groups is 1. The molecule has 1 fully saturated rings. The highest BCUT2D eigenvalue weighted by Gasteiger charge is 2.28. The highest BCUT2D eigenvalue weighted by molar-refractivity contribution is 14.0. The van der Waals surface area contributed by atoms with E-state index < -0.39 is 14.6 Å². The van der Waals surface area contributed by atoms with Crippen LogP contribution in [0.1, 0.15) is 53.9 Å². The maximum atomic E-state index is 12.2. The number of halogens is 1. The van der Waals surface area contributed by atoms with Gasteiger partial charge in [-0.05, 0) is 47.0 Å². The second-order valence-corrected chi connectivity index (χ2v) is 11.1. The maximum Gasteiger partial charge on any atom is 0.234 e. The molecule has 0 aromatic carbocycles. The van der Waals surface area contributed by atoms with Crippen molar-refractivity contribution in [3.05, 3.63) is 0 Å². The fraction of sp³-hybridized carbons (Fsp3) is 0.895. The number of amides is 1. The molecule has 0 unspecified atom stereocenters. The van der Waals surface area contributed by atoms with E-state index in [2.05, 4.69) is 25.8 Å². The molecule has 0 atom stereocenters. The fourth-order valence-electron chi connectivity index (χ4n) is 2.86. The molecule has 1 aliphatic heterocycles. The number of nitrogens with one attached hydrogen (secondary N) is 3. The topological polar surface area (TPSA) is 103 Å². The third-order valence-electron chi connectivity index (χ3n) is 4.77. The Hall–Kier alpha value is -0.620. The molecule has 1 heterocycles. The first-order valence-corrected chi connectivity index (χ1v) is 12.0. The summed E-state index contributed by atoms with van der Waals surface area (Å²) >= 11 is 0. The minimum absolute atomic E-state index is 0. The van der Waals surface area contributed by atoms with Crippen LogP contribution in [0.25, 0.3) is 0 Å². The van der Waals surface area contributed by atoms with E-state index in [1.165, 1.54) is 0 Å². The Labute approximate surface area is 194 Å². The van der Waals surface area contributed by atoms with Crippen LogP contribution in [0, 0.1) is 0 Å². The number of hydrogen-bond acceptors (Lipinski definition) is 5. The van der Waals surface area contributed by atoms with Gasteiger partial charge in [0.25, 0.3) is 0 Å². The summed E-state index contributed by atoms with van der Waals surface area (Å²) in [5.41, 5.74) is 0. The number of rotatable bonds is 9. The quantitative estimate of drug-likeness (QED) is 0.230. The summed E-state index contributed by atoms with van der Waals surface area (Å²) in [5, 5.41) is 9.51. The highest BCUT2D eigenvalue weighted by Crippen LogP contribution is 2.15. The lowest BCUT2D eigenvalue weighted by Crippen LogP contribution is -2.50. The smallest absolute Gasteiger partial charge is 0.234 e. The number of carbonyl (C=O) groups is 1. The molecular formula is C19H40IN5O3S. The average molecular weight is 546 g/mol. The van der Waals surface area contributed by atoms with Crippen molar-refractivity contribution in [1.29, 1.82) is 0 Å². The Morgan fingerprint density at radius 3 is 2.28 bits per heavy atom. The second kappa shape index (κ2) is 13.6. The zero-order chi connectivity index (χ0) is 21.2. The van der Waals surface area contributed by atoms with Crippen LogP contribution in [-0.2, 0) is 14.6 Å². The predicted molar refractivity (Wildman–Crippen MR) is 131 cm³/mol. The van der Waals surface area contributed by atoms with Gasteiger partial charge < -0.3 is 16.0 Å². The van der Waals surface area contributed by atoms with Gasteiger partial charge in [0, 0.05) is 32.2 Å². The second-order valence-electron chi connectivity index (χ2n) is 8.24. The highest BCUT2D eigenvalue weighted by atomic mass is 127. The molecule has 1 rings (SSSR count). The van der Waals surface area contributed by atoms with E-state index >= 15 is 0 Å². The molecule has 1 aliphatic rings. The van der Waals surface area contributed by atoms with Crippen molar-refractivity contribution in [2.24, 2.45) is 4.99 Å². The number of sulfone groups is 1. The number of hydrogen-bond donors (Lipinski definition) is 3. The minimum atomic E-state index is -3.17. The number of piperidine rings is 1. The number of likely N-dealkylation sites (tertiary alicyclic amines) is 1. The van der Waals surface area contributed by atoms with Crippen LogP contribution < -0.4 is 16.0 Å². The molecule has 1 saturated heterocycles. The van der Waals surface area contributed by atoms with E-state index in [0.717, 1.165) is 38.9 Å². The van der Waals surface area contributed by atoms with Gasteiger partial charge in [0.2, 0.25) is 5.91 Å². The Bertz CT molecular complexity index is 612. The SMILES string of the molecule is CCCNC(=O)CN1CCC(NC(=NCCS(=O)(=O)C(C)(C)C)NCC)CC1.I. The maximum absolute atomic E-state index is 12.2. The number of aliphatic imine (C=N–C) groups is 1. The molecule has 0 aromatic rings. The van der Waals surface area contributed by atoms with Crippen molar-refractivity contribution in [3.8, 4) is 0 Å². The summed E-state index contributed by atoms with van der Waals surface area (Å²) in [4.78, 5) is 18.5. The van der Waals surface area contributed by atoms with Crippen LogP contribution >= 0.6 is 24.0 Å². The van der Waals surface area contributed by atoms with Crippen LogP contribution in [0.3, 0.4) is 0 Å². The van der Waals surface area contributed by atoms with Crippen LogP contribution in [0.2, 0.25) is 0 Å². The van der Waals surface area contributed by atoms with E-state index in [1.54, 1.807) is 20.8 Å². The van der Waals surface area contributed by atoms with Crippen molar-refractivity contribution in [3.63, 3.8) is 0 Å². The lowest BCUT2D eigenvalue weighted by atomic mass is 10.1. The Morgan fingerprint density at radius 1 is 1.14 bits per heavy atom. The zero-order valence-corrected chi connectivity index (χ0v) is 21.7. The largest absolute Gasteiger partial charge is 0.357 e. The third-order valence-corrected chi connectivity index (χ3v) is 7.36. The van der Waals surface area contributed by atoms with Crippen molar-refractivity contribution >= 4 is 45.7 Å². The minimum Gasteiger partial charge on any atom is -0.357 e. The predicted octanol–water partition coefficient (Wildman–Crippen LogP) is 1.36. The van der Waals surface area contributed by atoms with Gasteiger partial charge in [0.05, 0.1) is 23.6 Å².